The van der Waals surface area contributed by atoms with Gasteiger partial charge in [0.25, 0.3) is 5.91 Å². The number of rotatable bonds is 4. The van der Waals surface area contributed by atoms with Crippen molar-refractivity contribution in [1.29, 1.82) is 0 Å². The predicted molar refractivity (Wildman–Crippen MR) is 102 cm³/mol. The van der Waals surface area contributed by atoms with Crippen LogP contribution in [0.15, 0.2) is 42.6 Å². The fourth-order valence-corrected chi connectivity index (χ4v) is 4.11. The lowest BCUT2D eigenvalue weighted by molar-refractivity contribution is 0.0628. The molecule has 7 heteroatoms. The van der Waals surface area contributed by atoms with Gasteiger partial charge in [-0.3, -0.25) is 9.69 Å². The molecule has 1 fully saturated rings. The summed E-state index contributed by atoms with van der Waals surface area (Å²) in [7, 11) is 1.56. The van der Waals surface area contributed by atoms with Crippen LogP contribution in [0.3, 0.4) is 0 Å². The van der Waals surface area contributed by atoms with Gasteiger partial charge in [0.15, 0.2) is 0 Å². The Labute approximate surface area is 156 Å². The van der Waals surface area contributed by atoms with Gasteiger partial charge in [0.05, 0.1) is 29.4 Å². The Bertz CT molecular complexity index is 868. The maximum absolute atomic E-state index is 12.6. The van der Waals surface area contributed by atoms with E-state index in [1.165, 1.54) is 4.70 Å². The van der Waals surface area contributed by atoms with E-state index in [1.807, 2.05) is 17.0 Å². The first-order chi connectivity index (χ1) is 12.7. The van der Waals surface area contributed by atoms with Crippen LogP contribution in [0.2, 0.25) is 0 Å². The number of nitrogens with zero attached hydrogens (tertiary/aromatic N) is 4. The topological polar surface area (TPSA) is 58.6 Å². The Kier molecular flexibility index (Phi) is 4.81. The number of methoxy groups -OCH3 is 1. The smallest absolute Gasteiger partial charge is 0.255 e. The summed E-state index contributed by atoms with van der Waals surface area (Å²) in [5.74, 6) is 0.544. The summed E-state index contributed by atoms with van der Waals surface area (Å²) in [4.78, 5) is 25.7. The number of pyridine rings is 1. The number of hydrogen-bond donors (Lipinski definition) is 0. The van der Waals surface area contributed by atoms with Gasteiger partial charge in [-0.1, -0.05) is 12.1 Å². The summed E-state index contributed by atoms with van der Waals surface area (Å²) in [5.41, 5.74) is 1.67. The lowest BCUT2D eigenvalue weighted by Crippen LogP contribution is -2.48. The third-order valence-electron chi connectivity index (χ3n) is 4.55. The molecule has 134 valence electrons. The monoisotopic (exact) mass is 368 g/mol. The summed E-state index contributed by atoms with van der Waals surface area (Å²) in [6.45, 7) is 3.98. The molecule has 2 aromatic heterocycles. The number of thiazole rings is 1. The number of fused-ring (bicyclic) bond motifs is 1. The summed E-state index contributed by atoms with van der Waals surface area (Å²) in [5, 5.41) is 1.13. The number of benzene rings is 1. The average molecular weight is 368 g/mol. The van der Waals surface area contributed by atoms with Crippen LogP contribution in [-0.2, 0) is 6.54 Å². The van der Waals surface area contributed by atoms with Gasteiger partial charge in [-0.15, -0.1) is 11.3 Å². The molecule has 0 spiro atoms. The van der Waals surface area contributed by atoms with Crippen LogP contribution in [0, 0.1) is 0 Å². The SMILES string of the molecule is COc1ccc(C(=O)N2CCN(Cc3nc4ccccc4s3)CC2)cn1. The zero-order valence-electron chi connectivity index (χ0n) is 14.6. The minimum Gasteiger partial charge on any atom is -0.481 e. The van der Waals surface area contributed by atoms with Crippen LogP contribution in [0.1, 0.15) is 15.4 Å². The van der Waals surface area contributed by atoms with Crippen LogP contribution in [0.5, 0.6) is 5.88 Å². The number of ether oxygens (including phenoxy) is 1. The van der Waals surface area contributed by atoms with Gasteiger partial charge in [-0.05, 0) is 18.2 Å². The number of para-hydroxylation sites is 1. The number of carbonyl (C=O) groups excluding carboxylic acids is 1. The first-order valence-electron chi connectivity index (χ1n) is 8.59. The fourth-order valence-electron chi connectivity index (χ4n) is 3.10. The number of carbonyl (C=O) groups is 1. The van der Waals surface area contributed by atoms with Crippen LogP contribution in [-0.4, -0.2) is 59.0 Å². The minimum atomic E-state index is 0.0276. The van der Waals surface area contributed by atoms with Crippen molar-refractivity contribution in [2.24, 2.45) is 0 Å². The second-order valence-corrected chi connectivity index (χ2v) is 7.35. The lowest BCUT2D eigenvalue weighted by atomic mass is 10.2. The molecule has 0 radical (unpaired) electrons. The number of amides is 1. The maximum Gasteiger partial charge on any atom is 0.255 e. The second-order valence-electron chi connectivity index (χ2n) is 6.23. The van der Waals surface area contributed by atoms with Crippen molar-refractivity contribution in [2.75, 3.05) is 33.3 Å². The molecule has 0 unspecified atom stereocenters. The predicted octanol–water partition coefficient (Wildman–Crippen LogP) is 2.66. The van der Waals surface area contributed by atoms with Crippen LogP contribution in [0.25, 0.3) is 10.2 Å². The van der Waals surface area contributed by atoms with Crippen molar-refractivity contribution >= 4 is 27.5 Å². The van der Waals surface area contributed by atoms with Crippen molar-refractivity contribution in [3.8, 4) is 5.88 Å². The van der Waals surface area contributed by atoms with E-state index in [1.54, 1.807) is 36.8 Å². The van der Waals surface area contributed by atoms with Crippen molar-refractivity contribution in [2.45, 2.75) is 6.54 Å². The lowest BCUT2D eigenvalue weighted by Gasteiger charge is -2.34. The van der Waals surface area contributed by atoms with Crippen molar-refractivity contribution in [3.05, 3.63) is 53.2 Å². The molecule has 0 saturated carbocycles. The molecule has 3 aromatic rings. The fraction of sp³-hybridized carbons (Fsp3) is 0.316. The molecule has 6 nitrogen and oxygen atoms in total. The molecule has 3 heterocycles. The van der Waals surface area contributed by atoms with E-state index in [2.05, 4.69) is 22.0 Å². The molecular formula is C19H20N4O2S. The molecule has 0 N–H and O–H groups in total. The van der Waals surface area contributed by atoms with E-state index in [0.29, 0.717) is 11.4 Å². The second kappa shape index (κ2) is 7.39. The Morgan fingerprint density at radius 1 is 1.15 bits per heavy atom. The number of piperazine rings is 1. The van der Waals surface area contributed by atoms with Gasteiger partial charge in [-0.25, -0.2) is 9.97 Å². The molecular weight excluding hydrogens is 348 g/mol. The Morgan fingerprint density at radius 3 is 2.65 bits per heavy atom. The van der Waals surface area contributed by atoms with Crippen LogP contribution in [0.4, 0.5) is 0 Å². The van der Waals surface area contributed by atoms with Gasteiger partial charge in [0, 0.05) is 38.4 Å². The third kappa shape index (κ3) is 3.54. The molecule has 26 heavy (non-hydrogen) atoms. The van der Waals surface area contributed by atoms with Gasteiger partial charge in [0.2, 0.25) is 5.88 Å². The first kappa shape index (κ1) is 16.9. The molecule has 4 rings (SSSR count). The van der Waals surface area contributed by atoms with Crippen LogP contribution < -0.4 is 4.74 Å². The zero-order valence-corrected chi connectivity index (χ0v) is 15.4. The van der Waals surface area contributed by atoms with Gasteiger partial charge < -0.3 is 9.64 Å². The largest absolute Gasteiger partial charge is 0.481 e. The molecule has 1 amide bonds. The van der Waals surface area contributed by atoms with Gasteiger partial charge in [-0.2, -0.15) is 0 Å². The Hall–Kier alpha value is -2.51. The highest BCUT2D eigenvalue weighted by Crippen LogP contribution is 2.23. The molecule has 0 aliphatic carbocycles. The van der Waals surface area contributed by atoms with E-state index >= 15 is 0 Å². The summed E-state index contributed by atoms with van der Waals surface area (Å²) >= 11 is 1.74. The van der Waals surface area contributed by atoms with Crippen molar-refractivity contribution < 1.29 is 9.53 Å². The summed E-state index contributed by atoms with van der Waals surface area (Å²) < 4.78 is 6.26. The maximum atomic E-state index is 12.6. The van der Waals surface area contributed by atoms with E-state index in [9.17, 15) is 4.79 Å². The van der Waals surface area contributed by atoms with E-state index in [4.69, 9.17) is 9.72 Å². The zero-order chi connectivity index (χ0) is 17.9. The quantitative estimate of drug-likeness (QED) is 0.709. The molecule has 1 aliphatic rings. The normalized spacial score (nSPS) is 15.3. The van der Waals surface area contributed by atoms with E-state index in [-0.39, 0.29) is 5.91 Å². The van der Waals surface area contributed by atoms with E-state index < -0.39 is 0 Å². The van der Waals surface area contributed by atoms with Gasteiger partial charge >= 0.3 is 0 Å². The summed E-state index contributed by atoms with van der Waals surface area (Å²) in [6, 6.07) is 11.7. The van der Waals surface area contributed by atoms with Gasteiger partial charge in [0.1, 0.15) is 5.01 Å². The molecule has 1 aliphatic heterocycles. The highest BCUT2D eigenvalue weighted by atomic mass is 32.1. The summed E-state index contributed by atoms with van der Waals surface area (Å²) in [6.07, 6.45) is 1.58. The third-order valence-corrected chi connectivity index (χ3v) is 5.57. The first-order valence-corrected chi connectivity index (χ1v) is 9.41. The molecule has 0 atom stereocenters. The van der Waals surface area contributed by atoms with Crippen molar-refractivity contribution in [3.63, 3.8) is 0 Å². The highest BCUT2D eigenvalue weighted by Gasteiger charge is 2.23. The van der Waals surface area contributed by atoms with Crippen LogP contribution >= 0.6 is 11.3 Å². The minimum absolute atomic E-state index is 0.0276. The number of hydrogen-bond acceptors (Lipinski definition) is 6. The Morgan fingerprint density at radius 2 is 1.96 bits per heavy atom. The standard InChI is InChI=1S/C19H20N4O2S/c1-25-17-7-6-14(12-20-17)19(24)23-10-8-22(9-11-23)13-18-21-15-4-2-3-5-16(15)26-18/h2-7,12H,8-11,13H2,1H3. The molecule has 1 saturated heterocycles. The molecule has 0 bridgehead atoms. The average Bonchev–Trinajstić information content (AvgIpc) is 3.10. The Balaban J connectivity index is 1.35. The van der Waals surface area contributed by atoms with Crippen molar-refractivity contribution in [1.82, 2.24) is 19.8 Å². The number of aromatic nitrogens is 2. The van der Waals surface area contributed by atoms with E-state index in [0.717, 1.165) is 43.2 Å². The molecule has 1 aromatic carbocycles. The highest BCUT2D eigenvalue weighted by molar-refractivity contribution is 7.18.